The Labute approximate surface area is 106 Å². The first kappa shape index (κ1) is 14.0. The van der Waals surface area contributed by atoms with E-state index in [1.165, 1.54) is 4.90 Å². The van der Waals surface area contributed by atoms with Gasteiger partial charge in [0.05, 0.1) is 0 Å². The molecule has 0 radical (unpaired) electrons. The van der Waals surface area contributed by atoms with Gasteiger partial charge in [-0.2, -0.15) is 0 Å². The smallest absolute Gasteiger partial charge is 0.407 e. The van der Waals surface area contributed by atoms with Crippen LogP contribution in [0.25, 0.3) is 0 Å². The van der Waals surface area contributed by atoms with Gasteiger partial charge in [-0.05, 0) is 23.6 Å². The van der Waals surface area contributed by atoms with Crippen molar-refractivity contribution in [3.8, 4) is 0 Å². The quantitative estimate of drug-likeness (QED) is 0.837. The van der Waals surface area contributed by atoms with Crippen molar-refractivity contribution in [2.24, 2.45) is 11.7 Å². The molecule has 0 aliphatic carbocycles. The van der Waals surface area contributed by atoms with Crippen LogP contribution in [-0.4, -0.2) is 28.6 Å². The molecule has 0 bridgehead atoms. The fraction of sp³-hybridized carbons (Fsp3) is 0.385. The minimum absolute atomic E-state index is 0.250. The lowest BCUT2D eigenvalue weighted by Crippen LogP contribution is -2.32. The average molecular weight is 250 g/mol. The van der Waals surface area contributed by atoms with E-state index in [1.54, 1.807) is 24.3 Å². The molecule has 1 rings (SSSR count). The van der Waals surface area contributed by atoms with Gasteiger partial charge in [-0.15, -0.1) is 0 Å². The van der Waals surface area contributed by atoms with Crippen LogP contribution in [0.1, 0.15) is 29.8 Å². The summed E-state index contributed by atoms with van der Waals surface area (Å²) in [6.07, 6.45) is -0.965. The molecule has 0 saturated carbocycles. The second-order valence-electron chi connectivity index (χ2n) is 4.62. The van der Waals surface area contributed by atoms with Gasteiger partial charge in [-0.3, -0.25) is 4.79 Å². The monoisotopic (exact) mass is 250 g/mol. The van der Waals surface area contributed by atoms with E-state index >= 15 is 0 Å². The molecule has 0 aromatic heterocycles. The van der Waals surface area contributed by atoms with Gasteiger partial charge in [-0.1, -0.05) is 26.0 Å². The predicted octanol–water partition coefficient (Wildman–Crippen LogP) is 1.92. The number of carbonyl (C=O) groups is 2. The van der Waals surface area contributed by atoms with Crippen molar-refractivity contribution in [1.82, 2.24) is 4.90 Å². The topological polar surface area (TPSA) is 83.6 Å². The molecule has 0 atom stereocenters. The maximum atomic E-state index is 11.1. The van der Waals surface area contributed by atoms with Crippen LogP contribution >= 0.6 is 0 Å². The van der Waals surface area contributed by atoms with Crippen molar-refractivity contribution in [1.29, 1.82) is 0 Å². The summed E-state index contributed by atoms with van der Waals surface area (Å²) >= 11 is 0. The first-order valence-corrected chi connectivity index (χ1v) is 5.76. The molecule has 3 N–H and O–H groups in total. The molecule has 1 aromatic rings. The zero-order valence-corrected chi connectivity index (χ0v) is 10.6. The number of amides is 2. The van der Waals surface area contributed by atoms with Gasteiger partial charge in [0.25, 0.3) is 0 Å². The average Bonchev–Trinajstić information content (AvgIpc) is 2.27. The number of nitrogens with two attached hydrogens (primary N) is 1. The van der Waals surface area contributed by atoms with Crippen molar-refractivity contribution in [3.05, 3.63) is 35.4 Å². The van der Waals surface area contributed by atoms with E-state index in [0.717, 1.165) is 5.56 Å². The SMILES string of the molecule is CC(C)CN(Cc1cccc(C(N)=O)c1)C(=O)O. The zero-order valence-electron chi connectivity index (χ0n) is 10.6. The van der Waals surface area contributed by atoms with Crippen LogP contribution in [0, 0.1) is 5.92 Å². The molecule has 18 heavy (non-hydrogen) atoms. The normalized spacial score (nSPS) is 10.4. The van der Waals surface area contributed by atoms with E-state index in [0.29, 0.717) is 12.1 Å². The second-order valence-corrected chi connectivity index (χ2v) is 4.62. The van der Waals surface area contributed by atoms with Crippen molar-refractivity contribution in [3.63, 3.8) is 0 Å². The van der Waals surface area contributed by atoms with E-state index in [1.807, 2.05) is 13.8 Å². The first-order chi connectivity index (χ1) is 8.40. The van der Waals surface area contributed by atoms with Gasteiger partial charge in [0, 0.05) is 18.7 Å². The predicted molar refractivity (Wildman–Crippen MR) is 68.2 cm³/mol. The van der Waals surface area contributed by atoms with Crippen LogP contribution in [0.3, 0.4) is 0 Å². The summed E-state index contributed by atoms with van der Waals surface area (Å²) in [5.74, 6) is -0.261. The summed E-state index contributed by atoms with van der Waals surface area (Å²) in [5, 5.41) is 9.10. The third-order valence-electron chi connectivity index (χ3n) is 2.44. The molecule has 5 nitrogen and oxygen atoms in total. The summed E-state index contributed by atoms with van der Waals surface area (Å²) in [7, 11) is 0. The van der Waals surface area contributed by atoms with Gasteiger partial charge < -0.3 is 15.7 Å². The summed E-state index contributed by atoms with van der Waals surface area (Å²) in [6, 6.07) is 6.71. The Balaban J connectivity index is 2.83. The van der Waals surface area contributed by atoms with Crippen LogP contribution in [0.15, 0.2) is 24.3 Å². The third-order valence-corrected chi connectivity index (χ3v) is 2.44. The van der Waals surface area contributed by atoms with Gasteiger partial charge in [-0.25, -0.2) is 4.79 Å². The Kier molecular flexibility index (Phi) is 4.71. The van der Waals surface area contributed by atoms with E-state index in [-0.39, 0.29) is 12.5 Å². The number of hydrogen-bond acceptors (Lipinski definition) is 2. The van der Waals surface area contributed by atoms with Gasteiger partial charge in [0.1, 0.15) is 0 Å². The highest BCUT2D eigenvalue weighted by Crippen LogP contribution is 2.10. The Morgan fingerprint density at radius 2 is 2.06 bits per heavy atom. The lowest BCUT2D eigenvalue weighted by atomic mass is 10.1. The summed E-state index contributed by atoms with van der Waals surface area (Å²) in [5.41, 5.74) is 6.33. The summed E-state index contributed by atoms with van der Waals surface area (Å²) < 4.78 is 0. The summed E-state index contributed by atoms with van der Waals surface area (Å²) in [6.45, 7) is 4.62. The molecule has 0 aliphatic heterocycles. The number of nitrogens with zero attached hydrogens (tertiary/aromatic N) is 1. The minimum Gasteiger partial charge on any atom is -0.465 e. The van der Waals surface area contributed by atoms with Crippen LogP contribution in [0.4, 0.5) is 4.79 Å². The van der Waals surface area contributed by atoms with Crippen LogP contribution in [0.5, 0.6) is 0 Å². The zero-order chi connectivity index (χ0) is 13.7. The van der Waals surface area contributed by atoms with E-state index in [9.17, 15) is 9.59 Å². The van der Waals surface area contributed by atoms with Crippen molar-refractivity contribution < 1.29 is 14.7 Å². The molecule has 0 spiro atoms. The largest absolute Gasteiger partial charge is 0.465 e. The molecule has 0 aliphatic rings. The molecule has 98 valence electrons. The fourth-order valence-electron chi connectivity index (χ4n) is 1.69. The minimum atomic E-state index is -0.965. The van der Waals surface area contributed by atoms with Crippen LogP contribution in [-0.2, 0) is 6.54 Å². The maximum Gasteiger partial charge on any atom is 0.407 e. The van der Waals surface area contributed by atoms with E-state index < -0.39 is 12.0 Å². The van der Waals surface area contributed by atoms with E-state index in [2.05, 4.69) is 0 Å². The molecular weight excluding hydrogens is 232 g/mol. The molecule has 5 heteroatoms. The Morgan fingerprint density at radius 1 is 1.39 bits per heavy atom. The Morgan fingerprint density at radius 3 is 2.56 bits per heavy atom. The lowest BCUT2D eigenvalue weighted by Gasteiger charge is -2.21. The highest BCUT2D eigenvalue weighted by molar-refractivity contribution is 5.92. The molecule has 0 unspecified atom stereocenters. The molecule has 0 saturated heterocycles. The molecule has 1 aromatic carbocycles. The van der Waals surface area contributed by atoms with Crippen LogP contribution < -0.4 is 5.73 Å². The number of carboxylic acid groups (broad SMARTS) is 1. The number of hydrogen-bond donors (Lipinski definition) is 2. The summed E-state index contributed by atoms with van der Waals surface area (Å²) in [4.78, 5) is 23.5. The molecule has 2 amide bonds. The highest BCUT2D eigenvalue weighted by atomic mass is 16.4. The molecule has 0 heterocycles. The Hall–Kier alpha value is -2.04. The first-order valence-electron chi connectivity index (χ1n) is 5.76. The lowest BCUT2D eigenvalue weighted by molar-refractivity contribution is 0.1000. The van der Waals surface area contributed by atoms with Gasteiger partial charge >= 0.3 is 6.09 Å². The van der Waals surface area contributed by atoms with E-state index in [4.69, 9.17) is 10.8 Å². The fourth-order valence-corrected chi connectivity index (χ4v) is 1.69. The Bertz CT molecular complexity index is 444. The van der Waals surface area contributed by atoms with Gasteiger partial charge in [0.2, 0.25) is 5.91 Å². The number of rotatable bonds is 5. The number of carbonyl (C=O) groups excluding carboxylic acids is 1. The highest BCUT2D eigenvalue weighted by Gasteiger charge is 2.14. The standard InChI is InChI=1S/C13H18N2O3/c1-9(2)7-15(13(17)18)8-10-4-3-5-11(6-10)12(14)16/h3-6,9H,7-8H2,1-2H3,(H2,14,16)(H,17,18). The van der Waals surface area contributed by atoms with Gasteiger partial charge in [0.15, 0.2) is 0 Å². The molecule has 0 fully saturated rings. The number of primary amides is 1. The van der Waals surface area contributed by atoms with Crippen molar-refractivity contribution >= 4 is 12.0 Å². The second kappa shape index (κ2) is 6.05. The third kappa shape index (κ3) is 4.08. The maximum absolute atomic E-state index is 11.1. The van der Waals surface area contributed by atoms with Crippen molar-refractivity contribution in [2.45, 2.75) is 20.4 Å². The van der Waals surface area contributed by atoms with Crippen LogP contribution in [0.2, 0.25) is 0 Å². The number of benzene rings is 1. The van der Waals surface area contributed by atoms with Crippen molar-refractivity contribution in [2.75, 3.05) is 6.54 Å². The molecular formula is C13H18N2O3.